The number of thiazole rings is 1. The molecule has 0 radical (unpaired) electrons. The summed E-state index contributed by atoms with van der Waals surface area (Å²) in [6.45, 7) is 1.50. The number of anilines is 1. The lowest BCUT2D eigenvalue weighted by atomic mass is 10.1. The van der Waals surface area contributed by atoms with Crippen LogP contribution in [0.4, 0.5) is 5.13 Å². The number of rotatable bonds is 2. The van der Waals surface area contributed by atoms with E-state index in [1.165, 1.54) is 48.6 Å². The fraction of sp³-hybridized carbons (Fsp3) is 0.286. The van der Waals surface area contributed by atoms with Crippen LogP contribution in [0.2, 0.25) is 0 Å². The molecule has 1 heterocycles. The maximum Gasteiger partial charge on any atom is 0.223 e. The second kappa shape index (κ2) is 4.53. The molecule has 0 unspecified atom stereocenters. The number of benzene rings is 1. The normalized spacial score (nSPS) is 13.4. The number of hydrogen-bond donors (Lipinski definition) is 1. The number of carbonyl (C=O) groups excluding carboxylic acids is 1. The van der Waals surface area contributed by atoms with Crippen molar-refractivity contribution in [2.24, 2.45) is 0 Å². The second-order valence-corrected chi connectivity index (χ2v) is 5.41. The zero-order chi connectivity index (χ0) is 12.5. The van der Waals surface area contributed by atoms with Crippen molar-refractivity contribution in [2.45, 2.75) is 26.2 Å². The Morgan fingerprint density at radius 2 is 2.17 bits per heavy atom. The third kappa shape index (κ3) is 2.16. The van der Waals surface area contributed by atoms with E-state index in [0.717, 1.165) is 11.3 Å². The summed E-state index contributed by atoms with van der Waals surface area (Å²) in [5.74, 6) is -0.0788. The monoisotopic (exact) mass is 258 g/mol. The van der Waals surface area contributed by atoms with Gasteiger partial charge in [-0.15, -0.1) is 11.3 Å². The van der Waals surface area contributed by atoms with Gasteiger partial charge in [-0.25, -0.2) is 4.98 Å². The number of nitrogens with one attached hydrogen (secondary N) is 1. The number of aryl methyl sites for hydroxylation is 2. The molecule has 3 nitrogen and oxygen atoms in total. The van der Waals surface area contributed by atoms with Crippen molar-refractivity contribution < 1.29 is 4.79 Å². The molecule has 1 amide bonds. The zero-order valence-electron chi connectivity index (χ0n) is 10.2. The van der Waals surface area contributed by atoms with E-state index in [1.54, 1.807) is 0 Å². The molecule has 3 rings (SSSR count). The van der Waals surface area contributed by atoms with Crippen molar-refractivity contribution in [1.29, 1.82) is 0 Å². The van der Waals surface area contributed by atoms with Crippen LogP contribution in [0.3, 0.4) is 0 Å². The standard InChI is InChI=1S/C14H14N2OS/c1-9(17)15-14-16-13(8-18-14)12-6-5-10-3-2-4-11(10)7-12/h5-8H,2-4H2,1H3,(H,15,16,17). The van der Waals surface area contributed by atoms with Crippen LogP contribution in [0.5, 0.6) is 0 Å². The van der Waals surface area contributed by atoms with Crippen molar-refractivity contribution in [1.82, 2.24) is 4.98 Å². The van der Waals surface area contributed by atoms with Gasteiger partial charge in [0.1, 0.15) is 0 Å². The minimum absolute atomic E-state index is 0.0788. The number of nitrogens with zero attached hydrogens (tertiary/aromatic N) is 1. The van der Waals surface area contributed by atoms with Gasteiger partial charge in [-0.3, -0.25) is 4.79 Å². The molecule has 0 bridgehead atoms. The first kappa shape index (κ1) is 11.4. The topological polar surface area (TPSA) is 42.0 Å². The van der Waals surface area contributed by atoms with Gasteiger partial charge in [0.15, 0.2) is 5.13 Å². The zero-order valence-corrected chi connectivity index (χ0v) is 11.0. The van der Waals surface area contributed by atoms with Crippen LogP contribution in [0.1, 0.15) is 24.5 Å². The number of hydrogen-bond acceptors (Lipinski definition) is 3. The highest BCUT2D eigenvalue weighted by molar-refractivity contribution is 7.14. The molecule has 0 saturated heterocycles. The number of carbonyl (C=O) groups is 1. The van der Waals surface area contributed by atoms with Crippen LogP contribution >= 0.6 is 11.3 Å². The Kier molecular flexibility index (Phi) is 2.88. The van der Waals surface area contributed by atoms with Gasteiger partial charge in [0.05, 0.1) is 5.69 Å². The highest BCUT2D eigenvalue weighted by atomic mass is 32.1. The van der Waals surface area contributed by atoms with Gasteiger partial charge in [0.2, 0.25) is 5.91 Å². The molecule has 0 atom stereocenters. The Balaban J connectivity index is 1.90. The van der Waals surface area contributed by atoms with Crippen LogP contribution in [0, 0.1) is 0 Å². The van der Waals surface area contributed by atoms with E-state index in [2.05, 4.69) is 28.5 Å². The summed E-state index contributed by atoms with van der Waals surface area (Å²) in [4.78, 5) is 15.4. The summed E-state index contributed by atoms with van der Waals surface area (Å²) >= 11 is 1.46. The molecule has 1 aliphatic rings. The third-order valence-corrected chi connectivity index (χ3v) is 3.94. The minimum atomic E-state index is -0.0788. The summed E-state index contributed by atoms with van der Waals surface area (Å²) in [7, 11) is 0. The van der Waals surface area contributed by atoms with Gasteiger partial charge in [-0.2, -0.15) is 0 Å². The van der Waals surface area contributed by atoms with Crippen molar-refractivity contribution in [3.8, 4) is 11.3 Å². The van der Waals surface area contributed by atoms with Gasteiger partial charge in [0, 0.05) is 17.9 Å². The van der Waals surface area contributed by atoms with E-state index in [-0.39, 0.29) is 5.91 Å². The van der Waals surface area contributed by atoms with E-state index >= 15 is 0 Å². The molecule has 4 heteroatoms. The fourth-order valence-corrected chi connectivity index (χ4v) is 3.11. The molecule has 0 spiro atoms. The molecule has 18 heavy (non-hydrogen) atoms. The van der Waals surface area contributed by atoms with Crippen LogP contribution in [0.15, 0.2) is 23.6 Å². The highest BCUT2D eigenvalue weighted by Crippen LogP contribution is 2.29. The Hall–Kier alpha value is -1.68. The smallest absolute Gasteiger partial charge is 0.223 e. The highest BCUT2D eigenvalue weighted by Gasteiger charge is 2.12. The molecule has 0 saturated carbocycles. The Morgan fingerprint density at radius 3 is 3.00 bits per heavy atom. The van der Waals surface area contributed by atoms with Crippen LogP contribution in [-0.2, 0) is 17.6 Å². The predicted octanol–water partition coefficient (Wildman–Crippen LogP) is 3.26. The molecule has 2 aromatic rings. The van der Waals surface area contributed by atoms with Crippen LogP contribution in [-0.4, -0.2) is 10.9 Å². The maximum atomic E-state index is 11.0. The van der Waals surface area contributed by atoms with E-state index < -0.39 is 0 Å². The van der Waals surface area contributed by atoms with Gasteiger partial charge in [-0.1, -0.05) is 12.1 Å². The van der Waals surface area contributed by atoms with Crippen molar-refractivity contribution >= 4 is 22.4 Å². The summed E-state index contributed by atoms with van der Waals surface area (Å²) in [5.41, 5.74) is 5.00. The van der Waals surface area contributed by atoms with Crippen molar-refractivity contribution in [3.63, 3.8) is 0 Å². The fourth-order valence-electron chi connectivity index (χ4n) is 2.35. The molecular formula is C14H14N2OS. The number of fused-ring (bicyclic) bond motifs is 1. The molecule has 1 aromatic carbocycles. The lowest BCUT2D eigenvalue weighted by Crippen LogP contribution is -2.04. The Labute approximate surface area is 110 Å². The van der Waals surface area contributed by atoms with Gasteiger partial charge >= 0.3 is 0 Å². The molecule has 0 aliphatic heterocycles. The summed E-state index contributed by atoms with van der Waals surface area (Å²) < 4.78 is 0. The van der Waals surface area contributed by atoms with E-state index in [9.17, 15) is 4.79 Å². The lowest BCUT2D eigenvalue weighted by molar-refractivity contribution is -0.114. The first-order valence-electron chi connectivity index (χ1n) is 6.07. The second-order valence-electron chi connectivity index (χ2n) is 4.56. The predicted molar refractivity (Wildman–Crippen MR) is 73.9 cm³/mol. The summed E-state index contributed by atoms with van der Waals surface area (Å²) in [6, 6.07) is 6.56. The first-order chi connectivity index (χ1) is 8.72. The van der Waals surface area contributed by atoms with Crippen LogP contribution < -0.4 is 5.32 Å². The Morgan fingerprint density at radius 1 is 1.33 bits per heavy atom. The average Bonchev–Trinajstić information content (AvgIpc) is 2.95. The third-order valence-electron chi connectivity index (χ3n) is 3.18. The average molecular weight is 258 g/mol. The van der Waals surface area contributed by atoms with E-state index in [1.807, 2.05) is 5.38 Å². The number of amides is 1. The number of aromatic nitrogens is 1. The molecular weight excluding hydrogens is 244 g/mol. The molecule has 92 valence electrons. The maximum absolute atomic E-state index is 11.0. The largest absolute Gasteiger partial charge is 0.302 e. The van der Waals surface area contributed by atoms with E-state index in [4.69, 9.17) is 0 Å². The van der Waals surface area contributed by atoms with E-state index in [0.29, 0.717) is 5.13 Å². The molecule has 1 aliphatic carbocycles. The van der Waals surface area contributed by atoms with Crippen molar-refractivity contribution in [2.75, 3.05) is 5.32 Å². The van der Waals surface area contributed by atoms with Crippen LogP contribution in [0.25, 0.3) is 11.3 Å². The van der Waals surface area contributed by atoms with Gasteiger partial charge in [-0.05, 0) is 36.5 Å². The first-order valence-corrected chi connectivity index (χ1v) is 6.95. The Bertz CT molecular complexity index is 604. The molecule has 1 N–H and O–H groups in total. The molecule has 1 aromatic heterocycles. The quantitative estimate of drug-likeness (QED) is 0.898. The van der Waals surface area contributed by atoms with Gasteiger partial charge < -0.3 is 5.32 Å². The van der Waals surface area contributed by atoms with Gasteiger partial charge in [0.25, 0.3) is 0 Å². The van der Waals surface area contributed by atoms with Crippen molar-refractivity contribution in [3.05, 3.63) is 34.7 Å². The SMILES string of the molecule is CC(=O)Nc1nc(-c2ccc3c(c2)CCC3)cs1. The minimum Gasteiger partial charge on any atom is -0.302 e. The molecule has 0 fully saturated rings. The summed E-state index contributed by atoms with van der Waals surface area (Å²) in [6.07, 6.45) is 3.63. The lowest BCUT2D eigenvalue weighted by Gasteiger charge is -2.02. The summed E-state index contributed by atoms with van der Waals surface area (Å²) in [5, 5.41) is 5.37.